The Balaban J connectivity index is 1.62. The molecule has 9 heteroatoms. The summed E-state index contributed by atoms with van der Waals surface area (Å²) in [7, 11) is 0. The molecule has 0 saturated heterocycles. The van der Waals surface area contributed by atoms with Gasteiger partial charge >= 0.3 is 12.0 Å². The van der Waals surface area contributed by atoms with Crippen molar-refractivity contribution in [2.75, 3.05) is 11.9 Å². The molecule has 1 aliphatic carbocycles. The van der Waals surface area contributed by atoms with E-state index in [2.05, 4.69) is 33.1 Å². The molecule has 1 saturated carbocycles. The summed E-state index contributed by atoms with van der Waals surface area (Å²) < 4.78 is 6.69. The molecule has 172 valence electrons. The van der Waals surface area contributed by atoms with Crippen LogP contribution in [0.25, 0.3) is 5.69 Å². The summed E-state index contributed by atoms with van der Waals surface area (Å²) in [6.45, 7) is 4.30. The number of esters is 1. The summed E-state index contributed by atoms with van der Waals surface area (Å²) in [6.07, 6.45) is 3.33. The van der Waals surface area contributed by atoms with Crippen molar-refractivity contribution < 1.29 is 14.3 Å². The van der Waals surface area contributed by atoms with Gasteiger partial charge in [0.25, 0.3) is 0 Å². The number of amides is 2. The fraction of sp³-hybridized carbons (Fsp3) is 0.375. The van der Waals surface area contributed by atoms with E-state index < -0.39 is 5.54 Å². The maximum atomic E-state index is 12.9. The highest BCUT2D eigenvalue weighted by Crippen LogP contribution is 2.39. The number of hydrogen-bond donors (Lipinski definition) is 2. The second-order valence-corrected chi connectivity index (χ2v) is 8.39. The van der Waals surface area contributed by atoms with Crippen molar-refractivity contribution in [1.29, 1.82) is 0 Å². The third kappa shape index (κ3) is 5.02. The largest absolute Gasteiger partial charge is 0.462 e. The van der Waals surface area contributed by atoms with Gasteiger partial charge in [0.05, 0.1) is 17.9 Å². The zero-order valence-electron chi connectivity index (χ0n) is 18.8. The standard InChI is InChI=1S/C24H28N6O3/c1-3-33-21(31)18-9-11-20(12-10-18)30-22(27-28-29-30)24(15-13-17(2)14-16-24)26-23(32)25-19-7-5-4-6-8-19/h4-12,17H,3,13-16H2,1-2H3,(H2,25,26,32). The fourth-order valence-corrected chi connectivity index (χ4v) is 4.17. The highest BCUT2D eigenvalue weighted by molar-refractivity contribution is 5.90. The van der Waals surface area contributed by atoms with Crippen LogP contribution in [-0.2, 0) is 10.3 Å². The zero-order chi connectivity index (χ0) is 23.3. The molecule has 2 aromatic carbocycles. The lowest BCUT2D eigenvalue weighted by Gasteiger charge is -2.38. The summed E-state index contributed by atoms with van der Waals surface area (Å²) in [5.41, 5.74) is 1.15. The fourth-order valence-electron chi connectivity index (χ4n) is 4.17. The van der Waals surface area contributed by atoms with E-state index in [4.69, 9.17) is 4.74 Å². The molecule has 0 bridgehead atoms. The molecular weight excluding hydrogens is 420 g/mol. The number of nitrogens with one attached hydrogen (secondary N) is 2. The van der Waals surface area contributed by atoms with E-state index in [1.54, 1.807) is 35.9 Å². The molecule has 0 aliphatic heterocycles. The first-order chi connectivity index (χ1) is 16.0. The lowest BCUT2D eigenvalue weighted by atomic mass is 9.76. The van der Waals surface area contributed by atoms with E-state index in [1.165, 1.54) is 0 Å². The SMILES string of the molecule is CCOC(=O)c1ccc(-n2nnnc2C2(NC(=O)Nc3ccccc3)CCC(C)CC2)cc1. The molecule has 0 unspecified atom stereocenters. The Morgan fingerprint density at radius 1 is 1.09 bits per heavy atom. The smallest absolute Gasteiger partial charge is 0.338 e. The molecular formula is C24H28N6O3. The normalized spacial score (nSPS) is 20.1. The molecule has 1 aliphatic rings. The van der Waals surface area contributed by atoms with Gasteiger partial charge in [0.15, 0.2) is 5.82 Å². The predicted molar refractivity (Wildman–Crippen MR) is 123 cm³/mol. The average Bonchev–Trinajstić information content (AvgIpc) is 3.32. The number of carbonyl (C=O) groups excluding carboxylic acids is 2. The number of anilines is 1. The molecule has 4 rings (SSSR count). The van der Waals surface area contributed by atoms with Crippen LogP contribution in [0.15, 0.2) is 54.6 Å². The molecule has 0 spiro atoms. The number of ether oxygens (including phenoxy) is 1. The van der Waals surface area contributed by atoms with Crippen molar-refractivity contribution >= 4 is 17.7 Å². The van der Waals surface area contributed by atoms with Crippen LogP contribution in [0.1, 0.15) is 55.7 Å². The molecule has 0 atom stereocenters. The van der Waals surface area contributed by atoms with Crippen molar-refractivity contribution in [1.82, 2.24) is 25.5 Å². The summed E-state index contributed by atoms with van der Waals surface area (Å²) in [4.78, 5) is 24.9. The summed E-state index contributed by atoms with van der Waals surface area (Å²) in [6, 6.07) is 15.9. The molecule has 1 heterocycles. The number of para-hydroxylation sites is 1. The maximum absolute atomic E-state index is 12.9. The Kier molecular flexibility index (Phi) is 6.67. The second-order valence-electron chi connectivity index (χ2n) is 8.39. The monoisotopic (exact) mass is 448 g/mol. The lowest BCUT2D eigenvalue weighted by molar-refractivity contribution is 0.0526. The summed E-state index contributed by atoms with van der Waals surface area (Å²) >= 11 is 0. The van der Waals surface area contributed by atoms with E-state index in [0.717, 1.165) is 25.7 Å². The van der Waals surface area contributed by atoms with Gasteiger partial charge in [0, 0.05) is 5.69 Å². The molecule has 33 heavy (non-hydrogen) atoms. The number of hydrogen-bond acceptors (Lipinski definition) is 6. The van der Waals surface area contributed by atoms with Gasteiger partial charge in [0.2, 0.25) is 0 Å². The van der Waals surface area contributed by atoms with Crippen molar-refractivity contribution in [2.24, 2.45) is 5.92 Å². The van der Waals surface area contributed by atoms with Crippen LogP contribution in [0.2, 0.25) is 0 Å². The third-order valence-corrected chi connectivity index (χ3v) is 6.03. The molecule has 3 aromatic rings. The maximum Gasteiger partial charge on any atom is 0.338 e. The quantitative estimate of drug-likeness (QED) is 0.550. The number of benzene rings is 2. The summed E-state index contributed by atoms with van der Waals surface area (Å²) in [5, 5.41) is 18.5. The number of nitrogens with zero attached hydrogens (tertiary/aromatic N) is 4. The average molecular weight is 449 g/mol. The van der Waals surface area contributed by atoms with Crippen molar-refractivity contribution in [3.8, 4) is 5.69 Å². The molecule has 1 aromatic heterocycles. The number of urea groups is 1. The van der Waals surface area contributed by atoms with Gasteiger partial charge in [-0.3, -0.25) is 0 Å². The van der Waals surface area contributed by atoms with Crippen LogP contribution in [-0.4, -0.2) is 38.8 Å². The van der Waals surface area contributed by atoms with Gasteiger partial charge in [0.1, 0.15) is 5.54 Å². The first kappa shape index (κ1) is 22.4. The Morgan fingerprint density at radius 3 is 2.45 bits per heavy atom. The number of carbonyl (C=O) groups is 2. The van der Waals surface area contributed by atoms with Gasteiger partial charge < -0.3 is 15.4 Å². The highest BCUT2D eigenvalue weighted by Gasteiger charge is 2.42. The number of aromatic nitrogens is 4. The van der Waals surface area contributed by atoms with E-state index in [9.17, 15) is 9.59 Å². The zero-order valence-corrected chi connectivity index (χ0v) is 18.8. The Bertz CT molecular complexity index is 1090. The first-order valence-corrected chi connectivity index (χ1v) is 11.2. The van der Waals surface area contributed by atoms with E-state index in [0.29, 0.717) is 35.3 Å². The Morgan fingerprint density at radius 2 is 1.79 bits per heavy atom. The minimum absolute atomic E-state index is 0.303. The van der Waals surface area contributed by atoms with E-state index in [-0.39, 0.29) is 12.0 Å². The predicted octanol–water partition coefficient (Wildman–Crippen LogP) is 4.07. The summed E-state index contributed by atoms with van der Waals surface area (Å²) in [5.74, 6) is 0.754. The third-order valence-electron chi connectivity index (χ3n) is 6.03. The lowest BCUT2D eigenvalue weighted by Crippen LogP contribution is -2.51. The van der Waals surface area contributed by atoms with Crippen LogP contribution in [0.5, 0.6) is 0 Å². The van der Waals surface area contributed by atoms with E-state index >= 15 is 0 Å². The van der Waals surface area contributed by atoms with Crippen LogP contribution in [0.4, 0.5) is 10.5 Å². The van der Waals surface area contributed by atoms with Crippen LogP contribution in [0.3, 0.4) is 0 Å². The van der Waals surface area contributed by atoms with Gasteiger partial charge in [-0.05, 0) is 85.3 Å². The number of rotatable bonds is 6. The van der Waals surface area contributed by atoms with Gasteiger partial charge in [-0.15, -0.1) is 5.10 Å². The van der Waals surface area contributed by atoms with Crippen molar-refractivity contribution in [3.63, 3.8) is 0 Å². The van der Waals surface area contributed by atoms with Gasteiger partial charge in [-0.25, -0.2) is 9.59 Å². The molecule has 2 N–H and O–H groups in total. The molecule has 9 nitrogen and oxygen atoms in total. The molecule has 0 radical (unpaired) electrons. The molecule has 2 amide bonds. The van der Waals surface area contributed by atoms with Crippen LogP contribution >= 0.6 is 0 Å². The minimum atomic E-state index is -0.714. The van der Waals surface area contributed by atoms with Crippen LogP contribution < -0.4 is 10.6 Å². The van der Waals surface area contributed by atoms with Crippen molar-refractivity contribution in [3.05, 3.63) is 66.0 Å². The van der Waals surface area contributed by atoms with Crippen molar-refractivity contribution in [2.45, 2.75) is 45.1 Å². The Labute approximate surface area is 192 Å². The van der Waals surface area contributed by atoms with E-state index in [1.807, 2.05) is 30.3 Å². The highest BCUT2D eigenvalue weighted by atomic mass is 16.5. The number of tetrazole rings is 1. The van der Waals surface area contributed by atoms with Gasteiger partial charge in [-0.2, -0.15) is 4.68 Å². The first-order valence-electron chi connectivity index (χ1n) is 11.2. The Hall–Kier alpha value is -3.75. The molecule has 1 fully saturated rings. The van der Waals surface area contributed by atoms with Gasteiger partial charge in [-0.1, -0.05) is 25.1 Å². The van der Waals surface area contributed by atoms with Crippen LogP contribution in [0, 0.1) is 5.92 Å². The topological polar surface area (TPSA) is 111 Å². The second kappa shape index (κ2) is 9.81. The minimum Gasteiger partial charge on any atom is -0.462 e.